The van der Waals surface area contributed by atoms with E-state index < -0.39 is 24.1 Å². The van der Waals surface area contributed by atoms with Crippen LogP contribution in [0, 0.1) is 0 Å². The minimum Gasteiger partial charge on any atom is -0.453 e. The van der Waals surface area contributed by atoms with Gasteiger partial charge >= 0.3 is 5.97 Å². The first-order valence-corrected chi connectivity index (χ1v) is 9.58. The molecule has 0 aliphatic carbocycles. The summed E-state index contributed by atoms with van der Waals surface area (Å²) in [5, 5.41) is 16.4. The molecule has 3 aromatic rings. The predicted molar refractivity (Wildman–Crippen MR) is 115 cm³/mol. The van der Waals surface area contributed by atoms with Crippen LogP contribution in [-0.4, -0.2) is 36.5 Å². The van der Waals surface area contributed by atoms with Gasteiger partial charge in [0.15, 0.2) is 6.61 Å². The summed E-state index contributed by atoms with van der Waals surface area (Å²) < 4.78 is 5.16. The Kier molecular flexibility index (Phi) is 6.79. The van der Waals surface area contributed by atoms with Crippen LogP contribution < -0.4 is 10.6 Å². The van der Waals surface area contributed by atoms with Crippen LogP contribution in [0.1, 0.15) is 21.5 Å². The average molecular weight is 418 g/mol. The van der Waals surface area contributed by atoms with Gasteiger partial charge in [-0.25, -0.2) is 4.79 Å². The number of carbonyl (C=O) groups excluding carboxylic acids is 3. The number of anilines is 1. The zero-order valence-electron chi connectivity index (χ0n) is 16.9. The van der Waals surface area contributed by atoms with Crippen LogP contribution in [0.25, 0.3) is 0 Å². The van der Waals surface area contributed by atoms with Crippen molar-refractivity contribution >= 4 is 23.5 Å². The molecular formula is C24H22N2O5. The summed E-state index contributed by atoms with van der Waals surface area (Å²) in [7, 11) is 1.53. The lowest BCUT2D eigenvalue weighted by Crippen LogP contribution is -2.39. The molecule has 3 rings (SSSR count). The Labute approximate surface area is 179 Å². The maximum absolute atomic E-state index is 12.9. The molecule has 0 fully saturated rings. The molecule has 0 aliphatic heterocycles. The molecule has 0 unspecified atom stereocenters. The molecule has 31 heavy (non-hydrogen) atoms. The minimum absolute atomic E-state index is 0.243. The van der Waals surface area contributed by atoms with Crippen molar-refractivity contribution in [2.45, 2.75) is 5.60 Å². The standard InChI is InChI=1S/C24H22N2O5/c1-25-22(28)17-12-14-20(15-13-17)26-21(27)16-31-23(29)24(30,18-8-4-2-5-9-18)19-10-6-3-7-11-19/h2-15,30H,16H2,1H3,(H,25,28)(H,26,27). The molecule has 0 spiro atoms. The summed E-state index contributed by atoms with van der Waals surface area (Å²) in [6, 6.07) is 23.0. The van der Waals surface area contributed by atoms with Crippen molar-refractivity contribution in [2.75, 3.05) is 19.0 Å². The van der Waals surface area contributed by atoms with Crippen molar-refractivity contribution in [1.82, 2.24) is 5.32 Å². The Morgan fingerprint density at radius 2 is 1.35 bits per heavy atom. The second-order valence-corrected chi connectivity index (χ2v) is 6.72. The average Bonchev–Trinajstić information content (AvgIpc) is 2.83. The lowest BCUT2D eigenvalue weighted by atomic mass is 9.86. The van der Waals surface area contributed by atoms with Crippen LogP contribution in [0.5, 0.6) is 0 Å². The van der Waals surface area contributed by atoms with E-state index in [4.69, 9.17) is 4.74 Å². The molecule has 0 radical (unpaired) electrons. The monoisotopic (exact) mass is 418 g/mol. The van der Waals surface area contributed by atoms with Crippen LogP contribution in [0.4, 0.5) is 5.69 Å². The third-order valence-corrected chi connectivity index (χ3v) is 4.67. The third-order valence-electron chi connectivity index (χ3n) is 4.67. The van der Waals surface area contributed by atoms with E-state index in [2.05, 4.69) is 10.6 Å². The highest BCUT2D eigenvalue weighted by Crippen LogP contribution is 2.31. The molecule has 0 saturated heterocycles. The maximum atomic E-state index is 12.9. The summed E-state index contributed by atoms with van der Waals surface area (Å²) in [5.41, 5.74) is -0.511. The number of hydrogen-bond acceptors (Lipinski definition) is 5. The Morgan fingerprint density at radius 3 is 1.84 bits per heavy atom. The van der Waals surface area contributed by atoms with Gasteiger partial charge in [0.2, 0.25) is 5.60 Å². The molecule has 0 aliphatic rings. The molecule has 2 amide bonds. The zero-order chi connectivity index (χ0) is 22.3. The van der Waals surface area contributed by atoms with E-state index in [0.29, 0.717) is 22.4 Å². The molecule has 0 saturated carbocycles. The summed E-state index contributed by atoms with van der Waals surface area (Å²) in [4.78, 5) is 36.7. The topological polar surface area (TPSA) is 105 Å². The normalized spacial score (nSPS) is 10.8. The van der Waals surface area contributed by atoms with E-state index in [-0.39, 0.29) is 5.91 Å². The minimum atomic E-state index is -2.06. The van der Waals surface area contributed by atoms with Gasteiger partial charge in [0.05, 0.1) is 0 Å². The fourth-order valence-corrected chi connectivity index (χ4v) is 3.04. The van der Waals surface area contributed by atoms with E-state index in [1.54, 1.807) is 84.9 Å². The number of benzene rings is 3. The lowest BCUT2D eigenvalue weighted by Gasteiger charge is -2.26. The van der Waals surface area contributed by atoms with Gasteiger partial charge in [0.1, 0.15) is 0 Å². The number of carbonyl (C=O) groups is 3. The molecule has 0 aromatic heterocycles. The van der Waals surface area contributed by atoms with Gasteiger partial charge in [-0.1, -0.05) is 60.7 Å². The van der Waals surface area contributed by atoms with Gasteiger partial charge < -0.3 is 20.5 Å². The van der Waals surface area contributed by atoms with Gasteiger partial charge in [-0.3, -0.25) is 9.59 Å². The summed E-state index contributed by atoms with van der Waals surface area (Å²) >= 11 is 0. The zero-order valence-corrected chi connectivity index (χ0v) is 16.9. The van der Waals surface area contributed by atoms with E-state index in [9.17, 15) is 19.5 Å². The van der Waals surface area contributed by atoms with Gasteiger partial charge in [0.25, 0.3) is 11.8 Å². The lowest BCUT2D eigenvalue weighted by molar-refractivity contribution is -0.163. The second kappa shape index (κ2) is 9.69. The van der Waals surface area contributed by atoms with Crippen LogP contribution >= 0.6 is 0 Å². The number of amides is 2. The first-order valence-electron chi connectivity index (χ1n) is 9.58. The number of nitrogens with one attached hydrogen (secondary N) is 2. The van der Waals surface area contributed by atoms with Crippen molar-refractivity contribution in [2.24, 2.45) is 0 Å². The Hall–Kier alpha value is -3.97. The number of aliphatic hydroxyl groups is 1. The first kappa shape index (κ1) is 21.7. The fraction of sp³-hybridized carbons (Fsp3) is 0.125. The Morgan fingerprint density at radius 1 is 0.839 bits per heavy atom. The van der Waals surface area contributed by atoms with Crippen molar-refractivity contribution in [3.63, 3.8) is 0 Å². The van der Waals surface area contributed by atoms with E-state index in [1.807, 2.05) is 0 Å². The summed E-state index contributed by atoms with van der Waals surface area (Å²) in [6.45, 7) is -0.585. The van der Waals surface area contributed by atoms with Crippen LogP contribution in [0.2, 0.25) is 0 Å². The highest BCUT2D eigenvalue weighted by atomic mass is 16.6. The molecular weight excluding hydrogens is 396 g/mol. The van der Waals surface area contributed by atoms with Crippen LogP contribution in [0.3, 0.4) is 0 Å². The molecule has 7 heteroatoms. The SMILES string of the molecule is CNC(=O)c1ccc(NC(=O)COC(=O)C(O)(c2ccccc2)c2ccccc2)cc1. The maximum Gasteiger partial charge on any atom is 0.348 e. The second-order valence-electron chi connectivity index (χ2n) is 6.72. The van der Waals surface area contributed by atoms with Crippen molar-refractivity contribution in [1.29, 1.82) is 0 Å². The van der Waals surface area contributed by atoms with Crippen LogP contribution in [0.15, 0.2) is 84.9 Å². The smallest absolute Gasteiger partial charge is 0.348 e. The molecule has 0 atom stereocenters. The summed E-state index contributed by atoms with van der Waals surface area (Å²) in [5.74, 6) is -1.78. The van der Waals surface area contributed by atoms with E-state index >= 15 is 0 Å². The quantitative estimate of drug-likeness (QED) is 0.512. The number of hydrogen-bond donors (Lipinski definition) is 3. The first-order chi connectivity index (χ1) is 14.9. The van der Waals surface area contributed by atoms with Crippen molar-refractivity contribution < 1.29 is 24.2 Å². The van der Waals surface area contributed by atoms with Gasteiger partial charge in [0, 0.05) is 18.3 Å². The molecule has 3 N–H and O–H groups in total. The van der Waals surface area contributed by atoms with Crippen molar-refractivity contribution in [3.8, 4) is 0 Å². The van der Waals surface area contributed by atoms with E-state index in [0.717, 1.165) is 0 Å². The van der Waals surface area contributed by atoms with Gasteiger partial charge in [-0.2, -0.15) is 0 Å². The van der Waals surface area contributed by atoms with E-state index in [1.165, 1.54) is 7.05 Å². The molecule has 158 valence electrons. The van der Waals surface area contributed by atoms with Crippen molar-refractivity contribution in [3.05, 3.63) is 102 Å². The number of rotatable bonds is 7. The largest absolute Gasteiger partial charge is 0.453 e. The molecule has 7 nitrogen and oxygen atoms in total. The molecule has 0 bridgehead atoms. The van der Waals surface area contributed by atoms with Crippen LogP contribution in [-0.2, 0) is 19.9 Å². The summed E-state index contributed by atoms with van der Waals surface area (Å²) in [6.07, 6.45) is 0. The number of esters is 1. The van der Waals surface area contributed by atoms with Gasteiger partial charge in [-0.15, -0.1) is 0 Å². The molecule has 3 aromatic carbocycles. The number of ether oxygens (including phenoxy) is 1. The fourth-order valence-electron chi connectivity index (χ4n) is 3.04. The Balaban J connectivity index is 1.70. The highest BCUT2D eigenvalue weighted by Gasteiger charge is 2.41. The highest BCUT2D eigenvalue weighted by molar-refractivity contribution is 5.96. The van der Waals surface area contributed by atoms with Gasteiger partial charge in [-0.05, 0) is 35.4 Å². The predicted octanol–water partition coefficient (Wildman–Crippen LogP) is 2.46. The third kappa shape index (κ3) is 4.96. The molecule has 0 heterocycles. The Bertz CT molecular complexity index is 1010.